The summed E-state index contributed by atoms with van der Waals surface area (Å²) >= 11 is 0. The first-order valence-electron chi connectivity index (χ1n) is 8.71. The molecule has 0 spiro atoms. The Balaban J connectivity index is 1.68. The number of benzene rings is 1. The molecular weight excluding hydrogens is 325 g/mol. The molecular formula is C18H24FN3O3. The number of anilines is 2. The minimum Gasteiger partial charge on any atom is -0.442 e. The van der Waals surface area contributed by atoms with Gasteiger partial charge in [0.2, 0.25) is 5.91 Å². The summed E-state index contributed by atoms with van der Waals surface area (Å²) in [5, 5.41) is 2.62. The molecule has 2 saturated heterocycles. The Morgan fingerprint density at radius 2 is 2.08 bits per heavy atom. The molecule has 0 aromatic heterocycles. The Morgan fingerprint density at radius 3 is 2.72 bits per heavy atom. The number of cyclic esters (lactones) is 1. The molecule has 136 valence electrons. The SMILES string of the molecule is CC(=O)NCC1CN(c2ccc(N3CCC(C)CC3)c(F)c2)C(=O)O1. The van der Waals surface area contributed by atoms with Gasteiger partial charge < -0.3 is 15.0 Å². The number of carbonyl (C=O) groups is 2. The van der Waals surface area contributed by atoms with Crippen LogP contribution in [-0.4, -0.2) is 44.3 Å². The fourth-order valence-electron chi connectivity index (χ4n) is 3.27. The first-order valence-corrected chi connectivity index (χ1v) is 8.71. The van der Waals surface area contributed by atoms with Crippen LogP contribution in [0.15, 0.2) is 18.2 Å². The lowest BCUT2D eigenvalue weighted by Gasteiger charge is -2.32. The van der Waals surface area contributed by atoms with E-state index in [4.69, 9.17) is 4.74 Å². The first-order chi connectivity index (χ1) is 11.9. The van der Waals surface area contributed by atoms with Gasteiger partial charge in [-0.15, -0.1) is 0 Å². The maximum atomic E-state index is 14.6. The molecule has 25 heavy (non-hydrogen) atoms. The van der Waals surface area contributed by atoms with Crippen molar-refractivity contribution in [2.24, 2.45) is 5.92 Å². The summed E-state index contributed by atoms with van der Waals surface area (Å²) in [5.41, 5.74) is 1.06. The van der Waals surface area contributed by atoms with Crippen molar-refractivity contribution in [1.82, 2.24) is 5.32 Å². The lowest BCUT2D eigenvalue weighted by atomic mass is 9.99. The number of rotatable bonds is 4. The summed E-state index contributed by atoms with van der Waals surface area (Å²) in [5.74, 6) is 0.171. The second kappa shape index (κ2) is 7.29. The van der Waals surface area contributed by atoms with Crippen molar-refractivity contribution in [2.45, 2.75) is 32.8 Å². The highest BCUT2D eigenvalue weighted by Gasteiger charge is 2.33. The molecule has 1 aromatic carbocycles. The molecule has 1 atom stereocenters. The van der Waals surface area contributed by atoms with E-state index in [9.17, 15) is 14.0 Å². The van der Waals surface area contributed by atoms with Gasteiger partial charge in [0.15, 0.2) is 0 Å². The zero-order valence-electron chi connectivity index (χ0n) is 14.6. The Morgan fingerprint density at radius 1 is 1.36 bits per heavy atom. The van der Waals surface area contributed by atoms with Crippen molar-refractivity contribution in [3.05, 3.63) is 24.0 Å². The summed E-state index contributed by atoms with van der Waals surface area (Å²) in [7, 11) is 0. The van der Waals surface area contributed by atoms with E-state index in [0.29, 0.717) is 23.8 Å². The van der Waals surface area contributed by atoms with Crippen molar-refractivity contribution in [3.63, 3.8) is 0 Å². The summed E-state index contributed by atoms with van der Waals surface area (Å²) in [4.78, 5) is 26.4. The second-order valence-electron chi connectivity index (χ2n) is 6.86. The van der Waals surface area contributed by atoms with Gasteiger partial charge in [0.05, 0.1) is 24.5 Å². The zero-order valence-corrected chi connectivity index (χ0v) is 14.6. The van der Waals surface area contributed by atoms with Gasteiger partial charge in [-0.05, 0) is 37.0 Å². The van der Waals surface area contributed by atoms with Gasteiger partial charge in [0, 0.05) is 20.0 Å². The molecule has 0 bridgehead atoms. The van der Waals surface area contributed by atoms with Gasteiger partial charge in [-0.25, -0.2) is 9.18 Å². The van der Waals surface area contributed by atoms with Gasteiger partial charge in [0.25, 0.3) is 0 Å². The van der Waals surface area contributed by atoms with E-state index in [1.54, 1.807) is 12.1 Å². The van der Waals surface area contributed by atoms with Crippen LogP contribution in [-0.2, 0) is 9.53 Å². The number of nitrogens with zero attached hydrogens (tertiary/aromatic N) is 2. The van der Waals surface area contributed by atoms with Crippen LogP contribution in [0.2, 0.25) is 0 Å². The molecule has 2 amide bonds. The van der Waals surface area contributed by atoms with E-state index in [-0.39, 0.29) is 18.3 Å². The number of ether oxygens (including phenoxy) is 1. The van der Waals surface area contributed by atoms with Crippen molar-refractivity contribution in [3.8, 4) is 0 Å². The molecule has 7 heteroatoms. The highest BCUT2D eigenvalue weighted by Crippen LogP contribution is 2.30. The van der Waals surface area contributed by atoms with Gasteiger partial charge in [-0.2, -0.15) is 0 Å². The third kappa shape index (κ3) is 4.03. The molecule has 2 heterocycles. The average molecular weight is 349 g/mol. The zero-order chi connectivity index (χ0) is 18.0. The Bertz CT molecular complexity index is 659. The molecule has 1 N–H and O–H groups in total. The molecule has 2 aliphatic rings. The number of piperidine rings is 1. The monoisotopic (exact) mass is 349 g/mol. The molecule has 1 aromatic rings. The minimum absolute atomic E-state index is 0.180. The fraction of sp³-hybridized carbons (Fsp3) is 0.556. The summed E-state index contributed by atoms with van der Waals surface area (Å²) in [6.45, 7) is 5.87. The molecule has 0 radical (unpaired) electrons. The van der Waals surface area contributed by atoms with Crippen molar-refractivity contribution < 1.29 is 18.7 Å². The van der Waals surface area contributed by atoms with Gasteiger partial charge in [-0.3, -0.25) is 9.69 Å². The number of hydrogen-bond acceptors (Lipinski definition) is 4. The van der Waals surface area contributed by atoms with Gasteiger partial charge >= 0.3 is 6.09 Å². The van der Waals surface area contributed by atoms with E-state index < -0.39 is 12.2 Å². The predicted molar refractivity (Wildman–Crippen MR) is 93.3 cm³/mol. The molecule has 3 rings (SSSR count). The predicted octanol–water partition coefficient (Wildman–Crippen LogP) is 2.52. The average Bonchev–Trinajstić information content (AvgIpc) is 2.95. The first kappa shape index (κ1) is 17.5. The van der Waals surface area contributed by atoms with Crippen LogP contribution in [0.3, 0.4) is 0 Å². The summed E-state index contributed by atoms with van der Waals surface area (Å²) < 4.78 is 19.8. The topological polar surface area (TPSA) is 61.9 Å². The standard InChI is InChI=1S/C18H24FN3O3/c1-12-5-7-21(8-6-12)17-4-3-14(9-16(17)19)22-11-15(25-18(22)24)10-20-13(2)23/h3-4,9,12,15H,5-8,10-11H2,1-2H3,(H,20,23). The van der Waals surface area contributed by atoms with Gasteiger partial charge in [-0.1, -0.05) is 6.92 Å². The lowest BCUT2D eigenvalue weighted by Crippen LogP contribution is -2.34. The molecule has 0 saturated carbocycles. The van der Waals surface area contributed by atoms with E-state index in [1.807, 2.05) is 0 Å². The number of halogens is 1. The maximum Gasteiger partial charge on any atom is 0.414 e. The third-order valence-electron chi connectivity index (χ3n) is 4.82. The van der Waals surface area contributed by atoms with Crippen LogP contribution >= 0.6 is 0 Å². The molecule has 2 fully saturated rings. The van der Waals surface area contributed by atoms with Crippen molar-refractivity contribution >= 4 is 23.4 Å². The van der Waals surface area contributed by atoms with Crippen LogP contribution in [0.5, 0.6) is 0 Å². The largest absolute Gasteiger partial charge is 0.442 e. The Hall–Kier alpha value is -2.31. The number of amides is 2. The van der Waals surface area contributed by atoms with Crippen molar-refractivity contribution in [1.29, 1.82) is 0 Å². The van der Waals surface area contributed by atoms with Crippen molar-refractivity contribution in [2.75, 3.05) is 36.0 Å². The normalized spacial score (nSPS) is 21.4. The quantitative estimate of drug-likeness (QED) is 0.907. The smallest absolute Gasteiger partial charge is 0.414 e. The highest BCUT2D eigenvalue weighted by atomic mass is 19.1. The Labute approximate surface area is 146 Å². The van der Waals surface area contributed by atoms with Gasteiger partial charge in [0.1, 0.15) is 11.9 Å². The molecule has 1 unspecified atom stereocenters. The number of hydrogen-bond donors (Lipinski definition) is 1. The van der Waals surface area contributed by atoms with Crippen LogP contribution in [0, 0.1) is 11.7 Å². The van der Waals surface area contributed by atoms with E-state index >= 15 is 0 Å². The molecule has 0 aliphatic carbocycles. The highest BCUT2D eigenvalue weighted by molar-refractivity contribution is 5.90. The maximum absolute atomic E-state index is 14.6. The fourth-order valence-corrected chi connectivity index (χ4v) is 3.27. The molecule has 6 nitrogen and oxygen atoms in total. The Kier molecular flexibility index (Phi) is 5.11. The third-order valence-corrected chi connectivity index (χ3v) is 4.82. The minimum atomic E-state index is -0.519. The number of nitrogens with one attached hydrogen (secondary N) is 1. The summed E-state index contributed by atoms with van der Waals surface area (Å²) in [6, 6.07) is 4.86. The van der Waals surface area contributed by atoms with E-state index in [0.717, 1.165) is 25.9 Å². The lowest BCUT2D eigenvalue weighted by molar-refractivity contribution is -0.119. The summed E-state index contributed by atoms with van der Waals surface area (Å²) in [6.07, 6.45) is 1.17. The van der Waals surface area contributed by atoms with Crippen LogP contribution in [0.1, 0.15) is 26.7 Å². The van der Waals surface area contributed by atoms with Crippen LogP contribution in [0.25, 0.3) is 0 Å². The van der Waals surface area contributed by atoms with Crippen LogP contribution in [0.4, 0.5) is 20.6 Å². The van der Waals surface area contributed by atoms with E-state index in [1.165, 1.54) is 17.9 Å². The van der Waals surface area contributed by atoms with Crippen LogP contribution < -0.4 is 15.1 Å². The number of carbonyl (C=O) groups excluding carboxylic acids is 2. The molecule has 2 aliphatic heterocycles. The second-order valence-corrected chi connectivity index (χ2v) is 6.86. The van der Waals surface area contributed by atoms with E-state index in [2.05, 4.69) is 17.1 Å².